The van der Waals surface area contributed by atoms with Crippen molar-refractivity contribution in [2.24, 2.45) is 7.05 Å². The summed E-state index contributed by atoms with van der Waals surface area (Å²) < 4.78 is 1.69. The Balaban J connectivity index is 2.00. The molecule has 1 heterocycles. The zero-order valence-corrected chi connectivity index (χ0v) is 13.2. The molecule has 0 aliphatic heterocycles. The van der Waals surface area contributed by atoms with Crippen molar-refractivity contribution >= 4 is 17.5 Å². The number of anilines is 1. The summed E-state index contributed by atoms with van der Waals surface area (Å²) in [7, 11) is 1.83. The number of amides is 2. The Kier molecular flexibility index (Phi) is 4.60. The summed E-state index contributed by atoms with van der Waals surface area (Å²) in [6.45, 7) is 5.26. The summed E-state index contributed by atoms with van der Waals surface area (Å²) in [4.78, 5) is 23.4. The lowest BCUT2D eigenvalue weighted by Gasteiger charge is -2.14. The Morgan fingerprint density at radius 1 is 1.32 bits per heavy atom. The maximum atomic E-state index is 12.0. The molecule has 0 fully saturated rings. The van der Waals surface area contributed by atoms with Gasteiger partial charge in [0.05, 0.1) is 12.2 Å². The van der Waals surface area contributed by atoms with Gasteiger partial charge in [0.1, 0.15) is 0 Å². The minimum absolute atomic E-state index is 0.0127. The molecule has 6 heteroatoms. The molecule has 6 nitrogen and oxygen atoms in total. The smallest absolute Gasteiger partial charge is 0.319 e. The third-order valence-electron chi connectivity index (χ3n) is 3.44. The van der Waals surface area contributed by atoms with Crippen LogP contribution < -0.4 is 10.6 Å². The van der Waals surface area contributed by atoms with Crippen molar-refractivity contribution in [1.82, 2.24) is 15.1 Å². The fraction of sp³-hybridized carbons (Fsp3) is 0.312. The Bertz CT molecular complexity index is 706. The second-order valence-electron chi connectivity index (χ2n) is 5.35. The first-order valence-electron chi connectivity index (χ1n) is 7.04. The third-order valence-corrected chi connectivity index (χ3v) is 3.44. The van der Waals surface area contributed by atoms with Crippen LogP contribution in [0.2, 0.25) is 0 Å². The molecule has 1 aromatic heterocycles. The van der Waals surface area contributed by atoms with Gasteiger partial charge in [-0.2, -0.15) is 5.10 Å². The zero-order valence-electron chi connectivity index (χ0n) is 13.2. The Labute approximate surface area is 129 Å². The highest BCUT2D eigenvalue weighted by atomic mass is 16.2. The van der Waals surface area contributed by atoms with Gasteiger partial charge in [0.15, 0.2) is 5.78 Å². The van der Waals surface area contributed by atoms with Crippen LogP contribution in [-0.2, 0) is 7.05 Å². The van der Waals surface area contributed by atoms with Gasteiger partial charge in [-0.15, -0.1) is 0 Å². The summed E-state index contributed by atoms with van der Waals surface area (Å²) in [6, 6.07) is 4.78. The highest BCUT2D eigenvalue weighted by Gasteiger charge is 2.12. The first-order valence-corrected chi connectivity index (χ1v) is 7.04. The molecule has 2 aromatic rings. The maximum Gasteiger partial charge on any atom is 0.319 e. The van der Waals surface area contributed by atoms with E-state index in [1.165, 1.54) is 6.92 Å². The number of carbonyl (C=O) groups is 2. The van der Waals surface area contributed by atoms with Crippen molar-refractivity contribution < 1.29 is 9.59 Å². The molecule has 0 saturated carbocycles. The summed E-state index contributed by atoms with van der Waals surface area (Å²) in [5.41, 5.74) is 3.08. The largest absolute Gasteiger partial charge is 0.331 e. The van der Waals surface area contributed by atoms with Crippen molar-refractivity contribution in [3.8, 4) is 0 Å². The van der Waals surface area contributed by atoms with Crippen molar-refractivity contribution in [3.05, 3.63) is 47.3 Å². The van der Waals surface area contributed by atoms with Crippen LogP contribution in [0.5, 0.6) is 0 Å². The molecule has 1 aromatic carbocycles. The molecule has 0 saturated heterocycles. The number of nitrogens with one attached hydrogen (secondary N) is 2. The van der Waals surface area contributed by atoms with Gasteiger partial charge in [-0.1, -0.05) is 0 Å². The number of aryl methyl sites for hydroxylation is 2. The van der Waals surface area contributed by atoms with E-state index < -0.39 is 0 Å². The van der Waals surface area contributed by atoms with Gasteiger partial charge in [0.25, 0.3) is 0 Å². The molecule has 2 N–H and O–H groups in total. The Hall–Kier alpha value is -2.63. The van der Waals surface area contributed by atoms with Crippen LogP contribution in [0.1, 0.15) is 41.4 Å². The highest BCUT2D eigenvalue weighted by molar-refractivity contribution is 5.96. The van der Waals surface area contributed by atoms with Gasteiger partial charge in [-0.3, -0.25) is 9.48 Å². The van der Waals surface area contributed by atoms with Crippen molar-refractivity contribution in [2.75, 3.05) is 5.32 Å². The molecule has 0 radical (unpaired) electrons. The molecule has 1 atom stereocenters. The van der Waals surface area contributed by atoms with Gasteiger partial charge >= 0.3 is 6.03 Å². The quantitative estimate of drug-likeness (QED) is 0.852. The lowest BCUT2D eigenvalue weighted by molar-refractivity contribution is 0.101. The highest BCUT2D eigenvalue weighted by Crippen LogP contribution is 2.16. The summed E-state index contributed by atoms with van der Waals surface area (Å²) >= 11 is 0. The normalized spacial score (nSPS) is 11.8. The van der Waals surface area contributed by atoms with Crippen LogP contribution in [-0.4, -0.2) is 21.6 Å². The van der Waals surface area contributed by atoms with E-state index in [1.807, 2.05) is 27.1 Å². The molecular formula is C16H20N4O2. The van der Waals surface area contributed by atoms with E-state index in [-0.39, 0.29) is 17.9 Å². The second kappa shape index (κ2) is 6.43. The molecular weight excluding hydrogens is 280 g/mol. The number of urea groups is 1. The van der Waals surface area contributed by atoms with Crippen LogP contribution in [0.25, 0.3) is 0 Å². The molecule has 2 rings (SSSR count). The van der Waals surface area contributed by atoms with Crippen LogP contribution in [0.15, 0.2) is 30.6 Å². The number of nitrogens with zero attached hydrogens (tertiary/aromatic N) is 2. The van der Waals surface area contributed by atoms with Crippen LogP contribution in [0.3, 0.4) is 0 Å². The monoisotopic (exact) mass is 300 g/mol. The molecule has 0 bridgehead atoms. The number of carbonyl (C=O) groups excluding carboxylic acids is 2. The average Bonchev–Trinajstić information content (AvgIpc) is 2.85. The molecule has 0 aliphatic rings. The first-order chi connectivity index (χ1) is 10.4. The lowest BCUT2D eigenvalue weighted by atomic mass is 10.1. The number of ketones is 1. The number of rotatable bonds is 4. The SMILES string of the molecule is CC(=O)c1ccc(NC(=O)NC(C)c2cnn(C)c2)cc1C. The predicted octanol–water partition coefficient (Wildman–Crippen LogP) is 2.81. The topological polar surface area (TPSA) is 76.0 Å². The maximum absolute atomic E-state index is 12.0. The number of hydrogen-bond donors (Lipinski definition) is 2. The van der Waals surface area contributed by atoms with E-state index in [9.17, 15) is 9.59 Å². The van der Waals surface area contributed by atoms with Crippen LogP contribution >= 0.6 is 0 Å². The zero-order chi connectivity index (χ0) is 16.3. The predicted molar refractivity (Wildman–Crippen MR) is 85.0 cm³/mol. The van der Waals surface area contributed by atoms with Crippen molar-refractivity contribution in [3.63, 3.8) is 0 Å². The molecule has 116 valence electrons. The third kappa shape index (κ3) is 3.72. The van der Waals surface area contributed by atoms with Crippen LogP contribution in [0, 0.1) is 6.92 Å². The van der Waals surface area contributed by atoms with Gasteiger partial charge in [0, 0.05) is 30.1 Å². The summed E-state index contributed by atoms with van der Waals surface area (Å²) in [5.74, 6) is 0.0127. The van der Waals surface area contributed by atoms with Gasteiger partial charge in [-0.05, 0) is 44.5 Å². The van der Waals surface area contributed by atoms with Crippen molar-refractivity contribution in [1.29, 1.82) is 0 Å². The Morgan fingerprint density at radius 2 is 2.05 bits per heavy atom. The summed E-state index contributed by atoms with van der Waals surface area (Å²) in [6.07, 6.45) is 3.58. The molecule has 0 spiro atoms. The fourth-order valence-corrected chi connectivity index (χ4v) is 2.25. The van der Waals surface area contributed by atoms with Crippen molar-refractivity contribution in [2.45, 2.75) is 26.8 Å². The minimum atomic E-state index is -0.300. The van der Waals surface area contributed by atoms with Gasteiger partial charge < -0.3 is 10.6 Å². The summed E-state index contributed by atoms with van der Waals surface area (Å²) in [5, 5.41) is 9.69. The van der Waals surface area contributed by atoms with Gasteiger partial charge in [0.2, 0.25) is 0 Å². The number of hydrogen-bond acceptors (Lipinski definition) is 3. The molecule has 2 amide bonds. The minimum Gasteiger partial charge on any atom is -0.331 e. The number of benzene rings is 1. The molecule has 22 heavy (non-hydrogen) atoms. The second-order valence-corrected chi connectivity index (χ2v) is 5.35. The molecule has 1 unspecified atom stereocenters. The lowest BCUT2D eigenvalue weighted by Crippen LogP contribution is -2.31. The van der Waals surface area contributed by atoms with E-state index in [2.05, 4.69) is 15.7 Å². The van der Waals surface area contributed by atoms with E-state index in [0.29, 0.717) is 11.3 Å². The van der Waals surface area contributed by atoms with Crippen LogP contribution in [0.4, 0.5) is 10.5 Å². The van der Waals surface area contributed by atoms with E-state index in [4.69, 9.17) is 0 Å². The number of aromatic nitrogens is 2. The molecule has 0 aliphatic carbocycles. The average molecular weight is 300 g/mol. The Morgan fingerprint density at radius 3 is 2.59 bits per heavy atom. The van der Waals surface area contributed by atoms with Gasteiger partial charge in [-0.25, -0.2) is 4.79 Å². The van der Waals surface area contributed by atoms with E-state index in [0.717, 1.165) is 11.1 Å². The fourth-order valence-electron chi connectivity index (χ4n) is 2.25. The first kappa shape index (κ1) is 15.8. The standard InChI is InChI=1S/C16H20N4O2/c1-10-7-14(5-6-15(10)12(3)21)19-16(22)18-11(2)13-8-17-20(4)9-13/h5-9,11H,1-4H3,(H2,18,19,22). The number of Topliss-reactive ketones (excluding diaryl/α,β-unsaturated/α-hetero) is 1. The van der Waals surface area contributed by atoms with E-state index in [1.54, 1.807) is 29.1 Å². The van der Waals surface area contributed by atoms with E-state index >= 15 is 0 Å².